The number of anilines is 3. The number of hydrogen-bond acceptors (Lipinski definition) is 5. The molecule has 0 fully saturated rings. The quantitative estimate of drug-likeness (QED) is 0.288. The molecule has 0 radical (unpaired) electrons. The molecule has 5 heteroatoms. The minimum atomic E-state index is -0.126. The van der Waals surface area contributed by atoms with Gasteiger partial charge in [-0.1, -0.05) is 65.8 Å². The lowest BCUT2D eigenvalue weighted by atomic mass is 9.87. The number of rotatable bonds is 4. The molecule has 5 rings (SSSR count). The SMILES string of the molecule is CN1CN(c2cccc(Oc3cc(-c4ccc(C(C)(C)C)cn4)ncc3C(C)(C)C)c2)c2ccccc21. The average molecular weight is 493 g/mol. The highest BCUT2D eigenvalue weighted by Crippen LogP contribution is 2.41. The third-order valence-electron chi connectivity index (χ3n) is 6.86. The van der Waals surface area contributed by atoms with Crippen LogP contribution < -0.4 is 14.5 Å². The van der Waals surface area contributed by atoms with Crippen LogP contribution in [0.15, 0.2) is 79.1 Å². The van der Waals surface area contributed by atoms with E-state index in [2.05, 4.69) is 107 Å². The molecule has 4 aromatic rings. The van der Waals surface area contributed by atoms with Crippen molar-refractivity contribution in [1.29, 1.82) is 0 Å². The van der Waals surface area contributed by atoms with Gasteiger partial charge in [0.25, 0.3) is 0 Å². The van der Waals surface area contributed by atoms with Crippen molar-refractivity contribution < 1.29 is 4.74 Å². The van der Waals surface area contributed by atoms with Crippen molar-refractivity contribution in [2.45, 2.75) is 52.4 Å². The maximum absolute atomic E-state index is 6.58. The van der Waals surface area contributed by atoms with Crippen LogP contribution in [-0.2, 0) is 10.8 Å². The highest BCUT2D eigenvalue weighted by molar-refractivity contribution is 5.82. The van der Waals surface area contributed by atoms with Crippen LogP contribution in [0.3, 0.4) is 0 Å². The number of aromatic nitrogens is 2. The first-order valence-electron chi connectivity index (χ1n) is 12.8. The molecular weight excluding hydrogens is 456 g/mol. The van der Waals surface area contributed by atoms with Crippen molar-refractivity contribution in [1.82, 2.24) is 9.97 Å². The van der Waals surface area contributed by atoms with Gasteiger partial charge < -0.3 is 14.5 Å². The normalized spacial score (nSPS) is 13.6. The summed E-state index contributed by atoms with van der Waals surface area (Å²) in [6.45, 7) is 13.9. The second kappa shape index (κ2) is 9.22. The molecule has 0 amide bonds. The van der Waals surface area contributed by atoms with Crippen LogP contribution in [0.1, 0.15) is 52.7 Å². The Morgan fingerprint density at radius 1 is 0.730 bits per heavy atom. The molecule has 2 aromatic carbocycles. The fourth-order valence-electron chi connectivity index (χ4n) is 4.66. The Hall–Kier alpha value is -3.86. The lowest BCUT2D eigenvalue weighted by Gasteiger charge is -2.24. The van der Waals surface area contributed by atoms with Gasteiger partial charge in [-0.2, -0.15) is 0 Å². The van der Waals surface area contributed by atoms with Crippen molar-refractivity contribution in [2.24, 2.45) is 0 Å². The molecule has 0 spiro atoms. The Kier molecular flexibility index (Phi) is 6.18. The smallest absolute Gasteiger partial charge is 0.134 e. The van der Waals surface area contributed by atoms with Crippen molar-refractivity contribution in [2.75, 3.05) is 23.5 Å². The van der Waals surface area contributed by atoms with Crippen molar-refractivity contribution >= 4 is 17.1 Å². The van der Waals surface area contributed by atoms with Gasteiger partial charge in [-0.3, -0.25) is 9.97 Å². The summed E-state index contributed by atoms with van der Waals surface area (Å²) in [4.78, 5) is 14.1. The van der Waals surface area contributed by atoms with Crippen molar-refractivity contribution in [3.05, 3.63) is 90.3 Å². The maximum Gasteiger partial charge on any atom is 0.134 e. The first kappa shape index (κ1) is 24.8. The Bertz CT molecular complexity index is 1410. The van der Waals surface area contributed by atoms with E-state index < -0.39 is 0 Å². The molecule has 37 heavy (non-hydrogen) atoms. The number of nitrogens with zero attached hydrogens (tertiary/aromatic N) is 4. The first-order chi connectivity index (χ1) is 17.5. The summed E-state index contributed by atoms with van der Waals surface area (Å²) in [5.41, 5.74) is 7.35. The molecule has 1 aliphatic heterocycles. The van der Waals surface area contributed by atoms with Gasteiger partial charge in [0.15, 0.2) is 0 Å². The first-order valence-corrected chi connectivity index (χ1v) is 12.8. The highest BCUT2D eigenvalue weighted by atomic mass is 16.5. The number of benzene rings is 2. The van der Waals surface area contributed by atoms with Crippen LogP contribution in [0.2, 0.25) is 0 Å². The van der Waals surface area contributed by atoms with Gasteiger partial charge in [0.1, 0.15) is 11.5 Å². The maximum atomic E-state index is 6.58. The van der Waals surface area contributed by atoms with Gasteiger partial charge in [0.2, 0.25) is 0 Å². The molecular formula is C32H36N4O. The predicted octanol–water partition coefficient (Wildman–Crippen LogP) is 8.08. The predicted molar refractivity (Wildman–Crippen MR) is 153 cm³/mol. The molecule has 3 heterocycles. The molecule has 1 aliphatic rings. The van der Waals surface area contributed by atoms with Gasteiger partial charge >= 0.3 is 0 Å². The minimum Gasteiger partial charge on any atom is -0.457 e. The van der Waals surface area contributed by atoms with E-state index in [0.29, 0.717) is 0 Å². The number of pyridine rings is 2. The molecule has 2 aromatic heterocycles. The standard InChI is InChI=1S/C32H36N4O/c1-31(2,3)22-15-16-26(33-19-22)27-18-30(25(20-34-27)32(4,5)6)37-24-12-10-11-23(17-24)36-21-35(7)28-13-8-9-14-29(28)36/h8-20H,21H2,1-7H3. The summed E-state index contributed by atoms with van der Waals surface area (Å²) in [7, 11) is 2.12. The highest BCUT2D eigenvalue weighted by Gasteiger charge is 2.25. The van der Waals surface area contributed by atoms with E-state index in [1.165, 1.54) is 16.9 Å². The van der Waals surface area contributed by atoms with E-state index in [0.717, 1.165) is 40.8 Å². The summed E-state index contributed by atoms with van der Waals surface area (Å²) in [5, 5.41) is 0. The van der Waals surface area contributed by atoms with Crippen LogP contribution in [-0.4, -0.2) is 23.7 Å². The van der Waals surface area contributed by atoms with E-state index in [9.17, 15) is 0 Å². The molecule has 0 N–H and O–H groups in total. The molecule has 5 nitrogen and oxygen atoms in total. The minimum absolute atomic E-state index is 0.0546. The Balaban J connectivity index is 1.49. The van der Waals surface area contributed by atoms with E-state index >= 15 is 0 Å². The molecule has 0 saturated heterocycles. The third-order valence-corrected chi connectivity index (χ3v) is 6.86. The van der Waals surface area contributed by atoms with Crippen LogP contribution in [0.25, 0.3) is 11.4 Å². The van der Waals surface area contributed by atoms with Crippen LogP contribution in [0, 0.1) is 0 Å². The van der Waals surface area contributed by atoms with Crippen LogP contribution >= 0.6 is 0 Å². The summed E-state index contributed by atoms with van der Waals surface area (Å²) in [5.74, 6) is 1.60. The van der Waals surface area contributed by atoms with E-state index in [1.54, 1.807) is 0 Å². The Morgan fingerprint density at radius 2 is 1.46 bits per heavy atom. The van der Waals surface area contributed by atoms with Crippen molar-refractivity contribution in [3.8, 4) is 22.9 Å². The Labute approximate surface area is 220 Å². The molecule has 0 atom stereocenters. The zero-order chi connectivity index (χ0) is 26.4. The molecule has 190 valence electrons. The Morgan fingerprint density at radius 3 is 2.14 bits per heavy atom. The molecule has 0 aliphatic carbocycles. The number of hydrogen-bond donors (Lipinski definition) is 0. The molecule has 0 unspecified atom stereocenters. The van der Waals surface area contributed by atoms with E-state index in [1.807, 2.05) is 30.6 Å². The third kappa shape index (κ3) is 5.04. The van der Waals surface area contributed by atoms with Crippen molar-refractivity contribution in [3.63, 3.8) is 0 Å². The van der Waals surface area contributed by atoms with Gasteiger partial charge in [0, 0.05) is 42.8 Å². The lowest BCUT2D eigenvalue weighted by Crippen LogP contribution is -2.23. The number of fused-ring (bicyclic) bond motifs is 1. The van der Waals surface area contributed by atoms with Gasteiger partial charge in [-0.15, -0.1) is 0 Å². The summed E-state index contributed by atoms with van der Waals surface area (Å²) in [6, 6.07) is 23.0. The monoisotopic (exact) mass is 492 g/mol. The number of para-hydroxylation sites is 2. The molecule has 0 saturated carbocycles. The van der Waals surface area contributed by atoms with E-state index in [4.69, 9.17) is 14.7 Å². The zero-order valence-corrected chi connectivity index (χ0v) is 22.9. The largest absolute Gasteiger partial charge is 0.457 e. The molecule has 0 bridgehead atoms. The average Bonchev–Trinajstić information content (AvgIpc) is 3.20. The summed E-state index contributed by atoms with van der Waals surface area (Å²) < 4.78 is 6.58. The zero-order valence-electron chi connectivity index (χ0n) is 22.9. The fourth-order valence-corrected chi connectivity index (χ4v) is 4.66. The number of ether oxygens (including phenoxy) is 1. The van der Waals surface area contributed by atoms with E-state index in [-0.39, 0.29) is 10.8 Å². The van der Waals surface area contributed by atoms with Gasteiger partial charge in [-0.05, 0) is 46.7 Å². The topological polar surface area (TPSA) is 41.5 Å². The van der Waals surface area contributed by atoms with Gasteiger partial charge in [0.05, 0.1) is 29.4 Å². The van der Waals surface area contributed by atoms with Crippen LogP contribution in [0.5, 0.6) is 11.5 Å². The van der Waals surface area contributed by atoms with Crippen LogP contribution in [0.4, 0.5) is 17.1 Å². The summed E-state index contributed by atoms with van der Waals surface area (Å²) in [6.07, 6.45) is 3.88. The fraction of sp³-hybridized carbons (Fsp3) is 0.312. The van der Waals surface area contributed by atoms with Gasteiger partial charge in [-0.25, -0.2) is 0 Å². The lowest BCUT2D eigenvalue weighted by molar-refractivity contribution is 0.454. The second-order valence-electron chi connectivity index (χ2n) is 11.9. The second-order valence-corrected chi connectivity index (χ2v) is 11.9. The summed E-state index contributed by atoms with van der Waals surface area (Å²) >= 11 is 0.